The molecule has 0 bridgehead atoms. The van der Waals surface area contributed by atoms with Crippen molar-refractivity contribution in [1.82, 2.24) is 0 Å². The average Bonchev–Trinajstić information content (AvgIpc) is 2.12. The molecule has 0 heterocycles. The highest BCUT2D eigenvalue weighted by molar-refractivity contribution is 9.10. The molecule has 0 aliphatic rings. The predicted octanol–water partition coefficient (Wildman–Crippen LogP) is 1.73. The SMILES string of the molecule is Cc1c(Br)ccc(O)c1C(=O)C(=O)O. The van der Waals surface area contributed by atoms with Gasteiger partial charge in [-0.25, -0.2) is 4.79 Å². The number of hydrogen-bond donors (Lipinski definition) is 2. The van der Waals surface area contributed by atoms with Crippen molar-refractivity contribution in [2.75, 3.05) is 0 Å². The van der Waals surface area contributed by atoms with E-state index in [2.05, 4.69) is 15.9 Å². The number of aliphatic carboxylic acids is 1. The quantitative estimate of drug-likeness (QED) is 0.626. The van der Waals surface area contributed by atoms with E-state index in [9.17, 15) is 14.7 Å². The minimum Gasteiger partial charge on any atom is -0.507 e. The van der Waals surface area contributed by atoms with Crippen molar-refractivity contribution in [3.05, 3.63) is 27.7 Å². The van der Waals surface area contributed by atoms with Gasteiger partial charge in [-0.1, -0.05) is 15.9 Å². The summed E-state index contributed by atoms with van der Waals surface area (Å²) >= 11 is 3.14. The third kappa shape index (κ3) is 1.77. The van der Waals surface area contributed by atoms with Crippen LogP contribution in [0.1, 0.15) is 15.9 Å². The molecule has 0 atom stereocenters. The molecule has 0 aromatic heterocycles. The van der Waals surface area contributed by atoms with E-state index in [1.165, 1.54) is 6.07 Å². The summed E-state index contributed by atoms with van der Waals surface area (Å²) in [6, 6.07) is 2.82. The van der Waals surface area contributed by atoms with Crippen LogP contribution in [0, 0.1) is 6.92 Å². The van der Waals surface area contributed by atoms with Gasteiger partial charge in [-0.2, -0.15) is 0 Å². The molecule has 1 rings (SSSR count). The molecule has 0 aliphatic carbocycles. The number of Topliss-reactive ketones (excluding diaryl/α,β-unsaturated/α-hetero) is 1. The Morgan fingerprint density at radius 1 is 1.36 bits per heavy atom. The Bertz CT molecular complexity index is 412. The number of rotatable bonds is 2. The highest BCUT2D eigenvalue weighted by atomic mass is 79.9. The van der Waals surface area contributed by atoms with Crippen molar-refractivity contribution in [1.29, 1.82) is 0 Å². The zero-order chi connectivity index (χ0) is 10.9. The lowest BCUT2D eigenvalue weighted by Crippen LogP contribution is -2.14. The Morgan fingerprint density at radius 2 is 1.93 bits per heavy atom. The lowest BCUT2D eigenvalue weighted by Gasteiger charge is -2.06. The van der Waals surface area contributed by atoms with Gasteiger partial charge in [-0.05, 0) is 24.6 Å². The zero-order valence-electron chi connectivity index (χ0n) is 7.24. The van der Waals surface area contributed by atoms with E-state index in [0.29, 0.717) is 10.0 Å². The van der Waals surface area contributed by atoms with E-state index in [1.807, 2.05) is 0 Å². The van der Waals surface area contributed by atoms with Crippen molar-refractivity contribution in [2.45, 2.75) is 6.92 Å². The Kier molecular flexibility index (Phi) is 2.90. The summed E-state index contributed by atoms with van der Waals surface area (Å²) in [7, 11) is 0. The van der Waals surface area contributed by atoms with Gasteiger partial charge in [-0.3, -0.25) is 4.79 Å². The molecule has 0 spiro atoms. The second-order valence-corrected chi connectivity index (χ2v) is 3.56. The van der Waals surface area contributed by atoms with E-state index in [0.717, 1.165) is 0 Å². The number of carbonyl (C=O) groups excluding carboxylic acids is 1. The minimum atomic E-state index is -1.58. The fourth-order valence-electron chi connectivity index (χ4n) is 1.07. The van der Waals surface area contributed by atoms with E-state index >= 15 is 0 Å². The van der Waals surface area contributed by atoms with Crippen LogP contribution in [0.15, 0.2) is 16.6 Å². The van der Waals surface area contributed by atoms with Gasteiger partial charge in [0.15, 0.2) is 0 Å². The second-order valence-electron chi connectivity index (χ2n) is 2.70. The lowest BCUT2D eigenvalue weighted by molar-refractivity contribution is -0.131. The Labute approximate surface area is 88.3 Å². The molecular weight excluding hydrogens is 252 g/mol. The molecule has 0 saturated heterocycles. The maximum Gasteiger partial charge on any atom is 0.377 e. The molecule has 0 amide bonds. The summed E-state index contributed by atoms with van der Waals surface area (Å²) in [5.74, 6) is -3.01. The van der Waals surface area contributed by atoms with Crippen LogP contribution < -0.4 is 0 Å². The van der Waals surface area contributed by atoms with Crippen molar-refractivity contribution in [3.63, 3.8) is 0 Å². The minimum absolute atomic E-state index is 0.174. The van der Waals surface area contributed by atoms with Gasteiger partial charge in [0.05, 0.1) is 5.56 Å². The number of carbonyl (C=O) groups is 2. The fraction of sp³-hybridized carbons (Fsp3) is 0.111. The third-order valence-corrected chi connectivity index (χ3v) is 2.66. The monoisotopic (exact) mass is 258 g/mol. The lowest BCUT2D eigenvalue weighted by atomic mass is 10.0. The van der Waals surface area contributed by atoms with Gasteiger partial charge in [0.2, 0.25) is 0 Å². The van der Waals surface area contributed by atoms with Crippen LogP contribution in [0.5, 0.6) is 5.75 Å². The number of carboxylic acids is 1. The van der Waals surface area contributed by atoms with Gasteiger partial charge >= 0.3 is 5.97 Å². The Balaban J connectivity index is 3.40. The van der Waals surface area contributed by atoms with Crippen LogP contribution in [-0.2, 0) is 4.79 Å². The zero-order valence-corrected chi connectivity index (χ0v) is 8.83. The molecule has 0 radical (unpaired) electrons. The van der Waals surface area contributed by atoms with Gasteiger partial charge in [-0.15, -0.1) is 0 Å². The van der Waals surface area contributed by atoms with E-state index in [-0.39, 0.29) is 11.3 Å². The number of carboxylic acid groups (broad SMARTS) is 1. The van der Waals surface area contributed by atoms with Gasteiger partial charge in [0.25, 0.3) is 5.78 Å². The van der Waals surface area contributed by atoms with Crippen LogP contribution in [0.4, 0.5) is 0 Å². The van der Waals surface area contributed by atoms with Crippen LogP contribution in [-0.4, -0.2) is 22.0 Å². The van der Waals surface area contributed by atoms with Crippen LogP contribution >= 0.6 is 15.9 Å². The molecule has 0 aliphatic heterocycles. The number of hydrogen-bond acceptors (Lipinski definition) is 3. The molecule has 0 unspecified atom stereocenters. The molecule has 0 saturated carbocycles. The van der Waals surface area contributed by atoms with Crippen LogP contribution in [0.25, 0.3) is 0 Å². The molecule has 1 aromatic rings. The van der Waals surface area contributed by atoms with Gasteiger partial charge in [0.1, 0.15) is 5.75 Å². The second kappa shape index (κ2) is 3.79. The standard InChI is InChI=1S/C9H7BrO4/c1-4-5(10)2-3-6(11)7(4)8(12)9(13)14/h2-3,11H,1H3,(H,13,14). The summed E-state index contributed by atoms with van der Waals surface area (Å²) in [6.07, 6.45) is 0. The molecule has 5 heteroatoms. The highest BCUT2D eigenvalue weighted by Gasteiger charge is 2.21. The summed E-state index contributed by atoms with van der Waals surface area (Å²) < 4.78 is 0.583. The van der Waals surface area contributed by atoms with E-state index in [1.54, 1.807) is 13.0 Å². The fourth-order valence-corrected chi connectivity index (χ4v) is 1.40. The first-order valence-corrected chi connectivity index (χ1v) is 4.50. The maximum absolute atomic E-state index is 11.2. The summed E-state index contributed by atoms with van der Waals surface area (Å²) in [6.45, 7) is 1.56. The normalized spacial score (nSPS) is 9.86. The number of ketones is 1. The molecule has 1 aromatic carbocycles. The Hall–Kier alpha value is -1.36. The molecular formula is C9H7BrO4. The largest absolute Gasteiger partial charge is 0.507 e. The number of halogens is 1. The topological polar surface area (TPSA) is 74.6 Å². The van der Waals surface area contributed by atoms with Gasteiger partial charge < -0.3 is 10.2 Å². The molecule has 74 valence electrons. The number of phenolic OH excluding ortho intramolecular Hbond substituents is 1. The first kappa shape index (κ1) is 10.7. The van der Waals surface area contributed by atoms with Crippen molar-refractivity contribution in [3.8, 4) is 5.75 Å². The number of aromatic hydroxyl groups is 1. The van der Waals surface area contributed by atoms with E-state index < -0.39 is 11.8 Å². The first-order chi connectivity index (χ1) is 6.45. The summed E-state index contributed by atoms with van der Waals surface area (Å²) in [5, 5.41) is 17.8. The average molecular weight is 259 g/mol. The van der Waals surface area contributed by atoms with Crippen molar-refractivity contribution < 1.29 is 19.8 Å². The van der Waals surface area contributed by atoms with E-state index in [4.69, 9.17) is 5.11 Å². The Morgan fingerprint density at radius 3 is 2.43 bits per heavy atom. The van der Waals surface area contributed by atoms with Gasteiger partial charge in [0, 0.05) is 4.47 Å². The number of phenols is 1. The van der Waals surface area contributed by atoms with Crippen LogP contribution in [0.3, 0.4) is 0 Å². The molecule has 14 heavy (non-hydrogen) atoms. The summed E-state index contributed by atoms with van der Waals surface area (Å²) in [5.41, 5.74) is 0.240. The number of benzene rings is 1. The maximum atomic E-state index is 11.2. The summed E-state index contributed by atoms with van der Waals surface area (Å²) in [4.78, 5) is 21.6. The van der Waals surface area contributed by atoms with Crippen molar-refractivity contribution in [2.24, 2.45) is 0 Å². The molecule has 2 N–H and O–H groups in total. The van der Waals surface area contributed by atoms with Crippen molar-refractivity contribution >= 4 is 27.7 Å². The predicted molar refractivity (Wildman–Crippen MR) is 52.5 cm³/mol. The molecule has 0 fully saturated rings. The highest BCUT2D eigenvalue weighted by Crippen LogP contribution is 2.27. The smallest absolute Gasteiger partial charge is 0.377 e. The molecule has 4 nitrogen and oxygen atoms in total. The first-order valence-electron chi connectivity index (χ1n) is 3.71. The third-order valence-electron chi connectivity index (χ3n) is 1.80. The van der Waals surface area contributed by atoms with Crippen LogP contribution in [0.2, 0.25) is 0 Å².